The van der Waals surface area contributed by atoms with Crippen molar-refractivity contribution in [3.8, 4) is 11.8 Å². The summed E-state index contributed by atoms with van der Waals surface area (Å²) in [5.74, 6) is 0.545. The smallest absolute Gasteiger partial charge is 0.268 e. The molecule has 0 N–H and O–H groups in total. The minimum absolute atomic E-state index is 0.0488. The molecule has 0 aliphatic rings. The van der Waals surface area contributed by atoms with E-state index in [0.29, 0.717) is 33.1 Å². The van der Waals surface area contributed by atoms with Crippen molar-refractivity contribution in [2.45, 2.75) is 10.9 Å². The first-order chi connectivity index (χ1) is 14.6. The van der Waals surface area contributed by atoms with Gasteiger partial charge < -0.3 is 0 Å². The largest absolute Gasteiger partial charge is 0.269 e. The van der Waals surface area contributed by atoms with Crippen LogP contribution >= 0.6 is 11.8 Å². The lowest BCUT2D eigenvalue weighted by Gasteiger charge is -2.13. The zero-order chi connectivity index (χ0) is 21.1. The van der Waals surface area contributed by atoms with Crippen LogP contribution in [0, 0.1) is 21.4 Å². The normalized spacial score (nSPS) is 10.6. The number of nitrogens with zero attached hydrogens (tertiary/aromatic N) is 4. The summed E-state index contributed by atoms with van der Waals surface area (Å²) in [6, 6.07) is 22.2. The lowest BCUT2D eigenvalue weighted by atomic mass is 10.2. The Morgan fingerprint density at radius 2 is 1.73 bits per heavy atom. The molecule has 0 fully saturated rings. The molecular formula is C22H14N4O3S. The average molecular weight is 414 g/mol. The second-order valence-electron chi connectivity index (χ2n) is 6.42. The zero-order valence-corrected chi connectivity index (χ0v) is 16.4. The highest BCUT2D eigenvalue weighted by molar-refractivity contribution is 7.98. The minimum Gasteiger partial charge on any atom is -0.268 e. The molecule has 0 spiro atoms. The standard InChI is InChI=1S/C22H14N4O3S/c23-13-15-5-7-16(8-6-15)14-30-22-24-20-4-2-1-3-19(20)21(27)25(22)17-9-11-18(12-10-17)26(28)29/h1-12H,14H2. The van der Waals surface area contributed by atoms with Gasteiger partial charge in [0.15, 0.2) is 5.16 Å². The van der Waals surface area contributed by atoms with Crippen LogP contribution in [0.2, 0.25) is 0 Å². The van der Waals surface area contributed by atoms with Gasteiger partial charge in [-0.05, 0) is 42.0 Å². The molecule has 1 aromatic heterocycles. The molecule has 8 heteroatoms. The second-order valence-corrected chi connectivity index (χ2v) is 7.37. The van der Waals surface area contributed by atoms with Gasteiger partial charge in [0.1, 0.15) is 0 Å². The fraction of sp³-hybridized carbons (Fsp3) is 0.0455. The van der Waals surface area contributed by atoms with Crippen LogP contribution < -0.4 is 5.56 Å². The Labute approximate surface area is 175 Å². The van der Waals surface area contributed by atoms with E-state index in [2.05, 4.69) is 11.1 Å². The van der Waals surface area contributed by atoms with E-state index in [1.165, 1.54) is 28.5 Å². The van der Waals surface area contributed by atoms with E-state index in [9.17, 15) is 14.9 Å². The van der Waals surface area contributed by atoms with Crippen molar-refractivity contribution in [1.29, 1.82) is 5.26 Å². The Morgan fingerprint density at radius 1 is 1.03 bits per heavy atom. The van der Waals surface area contributed by atoms with Crippen LogP contribution in [-0.2, 0) is 5.75 Å². The first-order valence-electron chi connectivity index (χ1n) is 8.95. The molecule has 1 heterocycles. The Bertz CT molecular complexity index is 1340. The van der Waals surface area contributed by atoms with Crippen LogP contribution in [-0.4, -0.2) is 14.5 Å². The lowest BCUT2D eigenvalue weighted by molar-refractivity contribution is -0.384. The highest BCUT2D eigenvalue weighted by Gasteiger charge is 2.15. The number of fused-ring (bicyclic) bond motifs is 1. The van der Waals surface area contributed by atoms with E-state index in [1.54, 1.807) is 42.5 Å². The van der Waals surface area contributed by atoms with Crippen LogP contribution in [0.5, 0.6) is 0 Å². The predicted octanol–water partition coefficient (Wildman–Crippen LogP) is 4.46. The van der Waals surface area contributed by atoms with Crippen LogP contribution in [0.15, 0.2) is 82.7 Å². The molecule has 30 heavy (non-hydrogen) atoms. The first-order valence-corrected chi connectivity index (χ1v) is 9.94. The summed E-state index contributed by atoms with van der Waals surface area (Å²) in [5, 5.41) is 20.9. The van der Waals surface area contributed by atoms with E-state index >= 15 is 0 Å². The third-order valence-corrected chi connectivity index (χ3v) is 5.52. The summed E-state index contributed by atoms with van der Waals surface area (Å²) in [7, 11) is 0. The number of hydrogen-bond acceptors (Lipinski definition) is 6. The van der Waals surface area contributed by atoms with Gasteiger partial charge in [0.25, 0.3) is 11.2 Å². The maximum atomic E-state index is 13.2. The zero-order valence-electron chi connectivity index (χ0n) is 15.6. The number of nitro benzene ring substituents is 1. The van der Waals surface area contributed by atoms with Gasteiger partial charge in [-0.15, -0.1) is 0 Å². The Kier molecular flexibility index (Phi) is 5.28. The minimum atomic E-state index is -0.480. The topological polar surface area (TPSA) is 102 Å². The highest BCUT2D eigenvalue weighted by atomic mass is 32.2. The molecule has 0 saturated carbocycles. The van der Waals surface area contributed by atoms with Crippen molar-refractivity contribution in [3.63, 3.8) is 0 Å². The molecular weight excluding hydrogens is 400 g/mol. The van der Waals surface area contributed by atoms with Crippen LogP contribution in [0.1, 0.15) is 11.1 Å². The molecule has 0 aliphatic carbocycles. The fourth-order valence-electron chi connectivity index (χ4n) is 2.98. The summed E-state index contributed by atoms with van der Waals surface area (Å²) in [4.78, 5) is 28.3. The second kappa shape index (κ2) is 8.19. The van der Waals surface area contributed by atoms with Crippen LogP contribution in [0.25, 0.3) is 16.6 Å². The van der Waals surface area contributed by atoms with Crippen molar-refractivity contribution in [1.82, 2.24) is 9.55 Å². The van der Waals surface area contributed by atoms with E-state index in [1.807, 2.05) is 18.2 Å². The maximum absolute atomic E-state index is 13.2. The van der Waals surface area contributed by atoms with Gasteiger partial charge in [0.05, 0.1) is 33.1 Å². The fourth-order valence-corrected chi connectivity index (χ4v) is 3.95. The molecule has 3 aromatic carbocycles. The number of benzene rings is 3. The summed E-state index contributed by atoms with van der Waals surface area (Å²) in [5.41, 5.74) is 2.37. The molecule has 0 aliphatic heterocycles. The molecule has 146 valence electrons. The van der Waals surface area contributed by atoms with Crippen LogP contribution in [0.4, 0.5) is 5.69 Å². The average Bonchev–Trinajstić information content (AvgIpc) is 2.78. The van der Waals surface area contributed by atoms with Crippen molar-refractivity contribution < 1.29 is 4.92 Å². The monoisotopic (exact) mass is 414 g/mol. The van der Waals surface area contributed by atoms with Crippen LogP contribution in [0.3, 0.4) is 0 Å². The number of nitriles is 1. The molecule has 0 saturated heterocycles. The molecule has 0 radical (unpaired) electrons. The van der Waals surface area contributed by atoms with Crippen molar-refractivity contribution in [2.24, 2.45) is 0 Å². The molecule has 0 bridgehead atoms. The molecule has 4 aromatic rings. The molecule has 0 unspecified atom stereocenters. The first kappa shape index (κ1) is 19.4. The van der Waals surface area contributed by atoms with E-state index in [-0.39, 0.29) is 11.2 Å². The van der Waals surface area contributed by atoms with Gasteiger partial charge in [0, 0.05) is 17.9 Å². The van der Waals surface area contributed by atoms with Gasteiger partial charge >= 0.3 is 0 Å². The Morgan fingerprint density at radius 3 is 2.40 bits per heavy atom. The molecule has 0 atom stereocenters. The number of thioether (sulfide) groups is 1. The number of non-ortho nitro benzene ring substituents is 1. The molecule has 7 nitrogen and oxygen atoms in total. The third-order valence-electron chi connectivity index (χ3n) is 4.51. The lowest BCUT2D eigenvalue weighted by Crippen LogP contribution is -2.21. The quantitative estimate of drug-likeness (QED) is 0.207. The SMILES string of the molecule is N#Cc1ccc(CSc2nc3ccccc3c(=O)n2-c2ccc([N+](=O)[O-])cc2)cc1. The summed E-state index contributed by atoms with van der Waals surface area (Å²) >= 11 is 1.38. The van der Waals surface area contributed by atoms with E-state index in [0.717, 1.165) is 5.56 Å². The van der Waals surface area contributed by atoms with Crippen molar-refractivity contribution in [3.05, 3.63) is 104 Å². The number of nitro groups is 1. The summed E-state index contributed by atoms with van der Waals surface area (Å²) in [6.07, 6.45) is 0. The number of aromatic nitrogens is 2. The Hall–Kier alpha value is -3.96. The molecule has 0 amide bonds. The van der Waals surface area contributed by atoms with Gasteiger partial charge in [-0.1, -0.05) is 36.0 Å². The van der Waals surface area contributed by atoms with E-state index < -0.39 is 4.92 Å². The van der Waals surface area contributed by atoms with Gasteiger partial charge in [0.2, 0.25) is 0 Å². The maximum Gasteiger partial charge on any atom is 0.269 e. The van der Waals surface area contributed by atoms with Gasteiger partial charge in [-0.3, -0.25) is 19.5 Å². The Balaban J connectivity index is 1.78. The third kappa shape index (κ3) is 3.79. The van der Waals surface area contributed by atoms with Crippen molar-refractivity contribution >= 4 is 28.4 Å². The predicted molar refractivity (Wildman–Crippen MR) is 115 cm³/mol. The van der Waals surface area contributed by atoms with Crippen molar-refractivity contribution in [2.75, 3.05) is 0 Å². The van der Waals surface area contributed by atoms with E-state index in [4.69, 9.17) is 5.26 Å². The highest BCUT2D eigenvalue weighted by Crippen LogP contribution is 2.25. The molecule has 4 rings (SSSR count). The number of para-hydroxylation sites is 1. The van der Waals surface area contributed by atoms with Gasteiger partial charge in [-0.25, -0.2) is 4.98 Å². The number of rotatable bonds is 5. The summed E-state index contributed by atoms with van der Waals surface area (Å²) in [6.45, 7) is 0. The number of hydrogen-bond donors (Lipinski definition) is 0. The van der Waals surface area contributed by atoms with Gasteiger partial charge in [-0.2, -0.15) is 5.26 Å². The summed E-state index contributed by atoms with van der Waals surface area (Å²) < 4.78 is 1.47.